The molecule has 0 unspecified atom stereocenters. The molecule has 3 N–H and O–H groups in total. The van der Waals surface area contributed by atoms with Crippen molar-refractivity contribution in [3.8, 4) is 5.75 Å². The van der Waals surface area contributed by atoms with Crippen LogP contribution in [0.4, 0.5) is 11.4 Å². The summed E-state index contributed by atoms with van der Waals surface area (Å²) in [5.74, 6) is -1.11. The highest BCUT2D eigenvalue weighted by molar-refractivity contribution is 6.06. The van der Waals surface area contributed by atoms with Crippen LogP contribution in [0.25, 0.3) is 0 Å². The molecule has 3 aromatic carbocycles. The molecule has 0 aromatic heterocycles. The van der Waals surface area contributed by atoms with Crippen molar-refractivity contribution < 1.29 is 24.2 Å². The van der Waals surface area contributed by atoms with Crippen molar-refractivity contribution in [1.82, 2.24) is 0 Å². The SMILES string of the molecule is CCCOc1cccc(C(=O)Nc2ccc(C(=O)Nc3cccc(C(=O)O)c3)cc2)c1. The molecule has 0 spiro atoms. The molecule has 2 amide bonds. The number of amides is 2. The predicted octanol–water partition coefficient (Wildman–Crippen LogP) is 4.68. The van der Waals surface area contributed by atoms with Crippen LogP contribution in [0.5, 0.6) is 5.75 Å². The minimum atomic E-state index is -1.07. The first kappa shape index (κ1) is 21.6. The van der Waals surface area contributed by atoms with E-state index in [0.717, 1.165) is 6.42 Å². The smallest absolute Gasteiger partial charge is 0.335 e. The molecular formula is C24H22N2O5. The Hall–Kier alpha value is -4.13. The van der Waals surface area contributed by atoms with Crippen LogP contribution in [0.15, 0.2) is 72.8 Å². The average Bonchev–Trinajstić information content (AvgIpc) is 2.78. The molecule has 0 aliphatic carbocycles. The van der Waals surface area contributed by atoms with E-state index in [1.54, 1.807) is 60.7 Å². The number of carboxylic acid groups (broad SMARTS) is 1. The first-order valence-electron chi connectivity index (χ1n) is 9.75. The van der Waals surface area contributed by atoms with Crippen molar-refractivity contribution in [2.45, 2.75) is 13.3 Å². The van der Waals surface area contributed by atoms with E-state index in [-0.39, 0.29) is 17.4 Å². The van der Waals surface area contributed by atoms with Crippen molar-refractivity contribution in [1.29, 1.82) is 0 Å². The zero-order valence-corrected chi connectivity index (χ0v) is 16.9. The third-order valence-corrected chi connectivity index (χ3v) is 4.34. The highest BCUT2D eigenvalue weighted by Gasteiger charge is 2.11. The van der Waals surface area contributed by atoms with Gasteiger partial charge in [0.2, 0.25) is 0 Å². The fraction of sp³-hybridized carbons (Fsp3) is 0.125. The summed E-state index contributed by atoms with van der Waals surface area (Å²) in [4.78, 5) is 36.0. The summed E-state index contributed by atoms with van der Waals surface area (Å²) < 4.78 is 5.55. The van der Waals surface area contributed by atoms with Crippen molar-refractivity contribution in [3.63, 3.8) is 0 Å². The number of carboxylic acids is 1. The summed E-state index contributed by atoms with van der Waals surface area (Å²) >= 11 is 0. The molecule has 7 heteroatoms. The van der Waals surface area contributed by atoms with Gasteiger partial charge in [-0.25, -0.2) is 4.79 Å². The number of rotatable bonds is 8. The van der Waals surface area contributed by atoms with Gasteiger partial charge in [0.25, 0.3) is 11.8 Å². The van der Waals surface area contributed by atoms with Gasteiger partial charge in [0.05, 0.1) is 12.2 Å². The molecule has 3 aromatic rings. The van der Waals surface area contributed by atoms with E-state index in [9.17, 15) is 14.4 Å². The molecule has 0 saturated heterocycles. The Morgan fingerprint density at radius 3 is 2.13 bits per heavy atom. The summed E-state index contributed by atoms with van der Waals surface area (Å²) in [5.41, 5.74) is 1.84. The summed E-state index contributed by atoms with van der Waals surface area (Å²) in [6.07, 6.45) is 0.876. The quantitative estimate of drug-likeness (QED) is 0.493. The Labute approximate surface area is 179 Å². The molecule has 158 valence electrons. The van der Waals surface area contributed by atoms with Gasteiger partial charge in [-0.15, -0.1) is 0 Å². The largest absolute Gasteiger partial charge is 0.494 e. The maximum Gasteiger partial charge on any atom is 0.335 e. The van der Waals surface area contributed by atoms with E-state index in [4.69, 9.17) is 9.84 Å². The Morgan fingerprint density at radius 2 is 1.42 bits per heavy atom. The van der Waals surface area contributed by atoms with Gasteiger partial charge in [-0.2, -0.15) is 0 Å². The minimum Gasteiger partial charge on any atom is -0.494 e. The van der Waals surface area contributed by atoms with E-state index in [0.29, 0.717) is 34.9 Å². The summed E-state index contributed by atoms with van der Waals surface area (Å²) in [5, 5.41) is 14.5. The molecule has 0 radical (unpaired) electrons. The van der Waals surface area contributed by atoms with Crippen LogP contribution in [0, 0.1) is 0 Å². The Balaban J connectivity index is 1.63. The number of ether oxygens (including phenoxy) is 1. The molecule has 0 aliphatic heterocycles. The van der Waals surface area contributed by atoms with Gasteiger partial charge in [0, 0.05) is 22.5 Å². The standard InChI is InChI=1S/C24H22N2O5/c1-2-13-31-21-8-4-5-17(15-21)23(28)25-19-11-9-16(10-12-19)22(27)26-20-7-3-6-18(14-20)24(29)30/h3-12,14-15H,2,13H2,1H3,(H,25,28)(H,26,27)(H,29,30). The molecule has 7 nitrogen and oxygen atoms in total. The third-order valence-electron chi connectivity index (χ3n) is 4.34. The fourth-order valence-corrected chi connectivity index (χ4v) is 2.79. The fourth-order valence-electron chi connectivity index (χ4n) is 2.79. The minimum absolute atomic E-state index is 0.0834. The van der Waals surface area contributed by atoms with Crippen molar-refractivity contribution in [3.05, 3.63) is 89.5 Å². The first-order chi connectivity index (χ1) is 15.0. The van der Waals surface area contributed by atoms with Crippen LogP contribution in [-0.2, 0) is 0 Å². The number of hydrogen-bond donors (Lipinski definition) is 3. The number of nitrogens with one attached hydrogen (secondary N) is 2. The Bertz CT molecular complexity index is 1090. The number of carbonyl (C=O) groups is 3. The van der Waals surface area contributed by atoms with Gasteiger partial charge in [0.1, 0.15) is 5.75 Å². The lowest BCUT2D eigenvalue weighted by molar-refractivity contribution is 0.0696. The van der Waals surface area contributed by atoms with Gasteiger partial charge in [0.15, 0.2) is 0 Å². The van der Waals surface area contributed by atoms with E-state index in [1.165, 1.54) is 12.1 Å². The van der Waals surface area contributed by atoms with E-state index in [1.807, 2.05) is 6.92 Å². The van der Waals surface area contributed by atoms with Gasteiger partial charge in [-0.05, 0) is 67.1 Å². The van der Waals surface area contributed by atoms with Crippen LogP contribution in [0.1, 0.15) is 44.4 Å². The average molecular weight is 418 g/mol. The molecule has 31 heavy (non-hydrogen) atoms. The van der Waals surface area contributed by atoms with Gasteiger partial charge < -0.3 is 20.5 Å². The van der Waals surface area contributed by atoms with Gasteiger partial charge in [-0.3, -0.25) is 9.59 Å². The lowest BCUT2D eigenvalue weighted by Gasteiger charge is -2.09. The maximum atomic E-state index is 12.5. The lowest BCUT2D eigenvalue weighted by Crippen LogP contribution is -2.14. The lowest BCUT2D eigenvalue weighted by atomic mass is 10.1. The molecule has 0 bridgehead atoms. The molecular weight excluding hydrogens is 396 g/mol. The molecule has 0 heterocycles. The monoisotopic (exact) mass is 418 g/mol. The number of benzene rings is 3. The Morgan fingerprint density at radius 1 is 0.774 bits per heavy atom. The van der Waals surface area contributed by atoms with Crippen LogP contribution in [-0.4, -0.2) is 29.5 Å². The highest BCUT2D eigenvalue weighted by Crippen LogP contribution is 2.17. The molecule has 0 saturated carbocycles. The zero-order valence-electron chi connectivity index (χ0n) is 16.9. The van der Waals surface area contributed by atoms with E-state index >= 15 is 0 Å². The molecule has 0 fully saturated rings. The number of hydrogen-bond acceptors (Lipinski definition) is 4. The maximum absolute atomic E-state index is 12.5. The highest BCUT2D eigenvalue weighted by atomic mass is 16.5. The van der Waals surface area contributed by atoms with E-state index in [2.05, 4.69) is 10.6 Å². The van der Waals surface area contributed by atoms with Gasteiger partial charge >= 0.3 is 5.97 Å². The third kappa shape index (κ3) is 5.93. The predicted molar refractivity (Wildman–Crippen MR) is 118 cm³/mol. The second-order valence-corrected chi connectivity index (χ2v) is 6.75. The van der Waals surface area contributed by atoms with Crippen LogP contribution in [0.3, 0.4) is 0 Å². The first-order valence-corrected chi connectivity index (χ1v) is 9.75. The van der Waals surface area contributed by atoms with Crippen molar-refractivity contribution in [2.75, 3.05) is 17.2 Å². The summed E-state index contributed by atoms with van der Waals surface area (Å²) in [7, 11) is 0. The number of aromatic carboxylic acids is 1. The van der Waals surface area contributed by atoms with E-state index < -0.39 is 5.97 Å². The molecule has 3 rings (SSSR count). The Kier molecular flexibility index (Phi) is 7.01. The van der Waals surface area contributed by atoms with Crippen LogP contribution >= 0.6 is 0 Å². The summed E-state index contributed by atoms with van der Waals surface area (Å²) in [6.45, 7) is 2.59. The van der Waals surface area contributed by atoms with Crippen LogP contribution in [0.2, 0.25) is 0 Å². The number of carbonyl (C=O) groups excluding carboxylic acids is 2. The van der Waals surface area contributed by atoms with Crippen molar-refractivity contribution >= 4 is 29.2 Å². The second kappa shape index (κ2) is 10.1. The topological polar surface area (TPSA) is 105 Å². The molecule has 0 aliphatic rings. The summed E-state index contributed by atoms with van der Waals surface area (Å²) in [6, 6.07) is 19.3. The van der Waals surface area contributed by atoms with Crippen molar-refractivity contribution in [2.24, 2.45) is 0 Å². The normalized spacial score (nSPS) is 10.2. The number of anilines is 2. The molecule has 0 atom stereocenters. The second-order valence-electron chi connectivity index (χ2n) is 6.75. The van der Waals surface area contributed by atoms with Crippen LogP contribution < -0.4 is 15.4 Å². The zero-order chi connectivity index (χ0) is 22.2. The van der Waals surface area contributed by atoms with Gasteiger partial charge in [-0.1, -0.05) is 19.1 Å².